The molecule has 1 aromatic rings. The average Bonchev–Trinajstić information content (AvgIpc) is 3.03. The van der Waals surface area contributed by atoms with Crippen LogP contribution in [0.4, 0.5) is 0 Å². The van der Waals surface area contributed by atoms with Crippen LogP contribution in [0, 0.1) is 6.92 Å². The fourth-order valence-electron chi connectivity index (χ4n) is 2.57. The molecule has 1 heterocycles. The lowest BCUT2D eigenvalue weighted by atomic mass is 10.3. The van der Waals surface area contributed by atoms with Crippen molar-refractivity contribution in [3.63, 3.8) is 0 Å². The van der Waals surface area contributed by atoms with Gasteiger partial charge < -0.3 is 5.32 Å². The number of sulfonamides is 1. The first-order valence-electron chi connectivity index (χ1n) is 7.31. The molecule has 0 saturated heterocycles. The van der Waals surface area contributed by atoms with Crippen LogP contribution in [0.1, 0.15) is 36.6 Å². The summed E-state index contributed by atoms with van der Waals surface area (Å²) in [6.45, 7) is 5.64. The van der Waals surface area contributed by atoms with Crippen molar-refractivity contribution in [2.45, 2.75) is 55.2 Å². The number of aryl methyl sites for hydroxylation is 1. The van der Waals surface area contributed by atoms with Crippen molar-refractivity contribution in [1.29, 1.82) is 0 Å². The van der Waals surface area contributed by atoms with Crippen molar-refractivity contribution in [3.05, 3.63) is 16.5 Å². The van der Waals surface area contributed by atoms with Gasteiger partial charge in [-0.1, -0.05) is 6.92 Å². The van der Waals surface area contributed by atoms with Crippen molar-refractivity contribution in [1.82, 2.24) is 10.0 Å². The van der Waals surface area contributed by atoms with E-state index in [0.717, 1.165) is 42.8 Å². The highest BCUT2D eigenvalue weighted by Crippen LogP contribution is 2.31. The van der Waals surface area contributed by atoms with Crippen LogP contribution >= 0.6 is 23.1 Å². The summed E-state index contributed by atoms with van der Waals surface area (Å²) in [6, 6.07) is 1.88. The Balaban J connectivity index is 2.05. The molecule has 0 aromatic carbocycles. The second-order valence-corrected chi connectivity index (χ2v) is 9.66. The van der Waals surface area contributed by atoms with Gasteiger partial charge in [-0.3, -0.25) is 0 Å². The standard InChI is InChI=1S/C14H24N2O2S3/c1-4-15-9-13-10(2)7-14(20-13)21(17,18)16-11-5-6-12(8-11)19-3/h7,11-12,15-16H,4-6,8-9H2,1-3H3. The number of thiophene rings is 1. The molecule has 1 aliphatic rings. The molecule has 2 rings (SSSR count). The van der Waals surface area contributed by atoms with Gasteiger partial charge in [0.2, 0.25) is 10.0 Å². The van der Waals surface area contributed by atoms with Gasteiger partial charge >= 0.3 is 0 Å². The highest BCUT2D eigenvalue weighted by Gasteiger charge is 2.29. The number of hydrogen-bond donors (Lipinski definition) is 2. The van der Waals surface area contributed by atoms with E-state index in [4.69, 9.17) is 0 Å². The molecule has 1 aliphatic carbocycles. The van der Waals surface area contributed by atoms with Crippen LogP contribution < -0.4 is 10.0 Å². The summed E-state index contributed by atoms with van der Waals surface area (Å²) in [7, 11) is -3.37. The van der Waals surface area contributed by atoms with Gasteiger partial charge in [0.25, 0.3) is 0 Å². The Morgan fingerprint density at radius 1 is 1.43 bits per heavy atom. The summed E-state index contributed by atoms with van der Waals surface area (Å²) in [5.41, 5.74) is 1.05. The maximum Gasteiger partial charge on any atom is 0.250 e. The Bertz CT molecular complexity index is 569. The van der Waals surface area contributed by atoms with Gasteiger partial charge in [-0.2, -0.15) is 11.8 Å². The molecule has 2 atom stereocenters. The SMILES string of the molecule is CCNCc1sc(S(=O)(=O)NC2CCC(SC)C2)cc1C. The van der Waals surface area contributed by atoms with Gasteiger partial charge in [0.15, 0.2) is 0 Å². The first-order valence-corrected chi connectivity index (χ1v) is 10.9. The van der Waals surface area contributed by atoms with Gasteiger partial charge in [0, 0.05) is 22.7 Å². The van der Waals surface area contributed by atoms with E-state index in [-0.39, 0.29) is 6.04 Å². The first-order chi connectivity index (χ1) is 9.96. The van der Waals surface area contributed by atoms with Crippen LogP contribution in [0.15, 0.2) is 10.3 Å². The Kier molecular flexibility index (Phi) is 6.14. The van der Waals surface area contributed by atoms with E-state index in [1.807, 2.05) is 25.6 Å². The molecule has 0 radical (unpaired) electrons. The third-order valence-electron chi connectivity index (χ3n) is 3.84. The van der Waals surface area contributed by atoms with Gasteiger partial charge in [0.1, 0.15) is 4.21 Å². The van der Waals surface area contributed by atoms with Crippen LogP contribution in [0.25, 0.3) is 0 Å². The van der Waals surface area contributed by atoms with E-state index in [0.29, 0.717) is 9.46 Å². The summed E-state index contributed by atoms with van der Waals surface area (Å²) in [4.78, 5) is 1.10. The van der Waals surface area contributed by atoms with Crippen LogP contribution in [0.2, 0.25) is 0 Å². The Morgan fingerprint density at radius 2 is 2.19 bits per heavy atom. The zero-order chi connectivity index (χ0) is 15.5. The van der Waals surface area contributed by atoms with Gasteiger partial charge in [0.05, 0.1) is 0 Å². The molecule has 0 spiro atoms. The van der Waals surface area contributed by atoms with Crippen LogP contribution in [-0.2, 0) is 16.6 Å². The Hall–Kier alpha value is -0.0800. The summed E-state index contributed by atoms with van der Waals surface area (Å²) in [5, 5.41) is 3.84. The molecule has 0 amide bonds. The molecule has 1 saturated carbocycles. The maximum absolute atomic E-state index is 12.5. The fraction of sp³-hybridized carbons (Fsp3) is 0.714. The van der Waals surface area contributed by atoms with Gasteiger partial charge in [-0.15, -0.1) is 11.3 Å². The highest BCUT2D eigenvalue weighted by molar-refractivity contribution is 7.99. The summed E-state index contributed by atoms with van der Waals surface area (Å²) >= 11 is 3.21. The smallest absolute Gasteiger partial charge is 0.250 e. The van der Waals surface area contributed by atoms with Gasteiger partial charge in [-0.25, -0.2) is 13.1 Å². The minimum atomic E-state index is -3.37. The van der Waals surface area contributed by atoms with Crippen molar-refractivity contribution < 1.29 is 8.42 Å². The number of rotatable bonds is 7. The van der Waals surface area contributed by atoms with Crippen molar-refractivity contribution in [2.24, 2.45) is 0 Å². The molecule has 21 heavy (non-hydrogen) atoms. The van der Waals surface area contributed by atoms with Crippen molar-refractivity contribution in [2.75, 3.05) is 12.8 Å². The number of hydrogen-bond acceptors (Lipinski definition) is 5. The van der Waals surface area contributed by atoms with Crippen LogP contribution in [0.5, 0.6) is 0 Å². The zero-order valence-corrected chi connectivity index (χ0v) is 15.3. The van der Waals surface area contributed by atoms with Gasteiger partial charge in [-0.05, 0) is 50.6 Å². The molecule has 1 aromatic heterocycles. The highest BCUT2D eigenvalue weighted by atomic mass is 32.2. The van der Waals surface area contributed by atoms with Crippen molar-refractivity contribution in [3.8, 4) is 0 Å². The lowest BCUT2D eigenvalue weighted by molar-refractivity contribution is 0.554. The molecular weight excluding hydrogens is 324 g/mol. The monoisotopic (exact) mass is 348 g/mol. The maximum atomic E-state index is 12.5. The lowest BCUT2D eigenvalue weighted by Crippen LogP contribution is -2.32. The molecule has 0 aliphatic heterocycles. The van der Waals surface area contributed by atoms with Crippen LogP contribution in [0.3, 0.4) is 0 Å². The molecule has 120 valence electrons. The normalized spacial score (nSPS) is 22.8. The predicted octanol–water partition coefficient (Wildman–Crippen LogP) is 2.73. The quantitative estimate of drug-likeness (QED) is 0.795. The Labute approximate surface area is 136 Å². The molecule has 4 nitrogen and oxygen atoms in total. The fourth-order valence-corrected chi connectivity index (χ4v) is 6.23. The minimum absolute atomic E-state index is 0.0899. The summed E-state index contributed by atoms with van der Waals surface area (Å²) in [5.74, 6) is 0. The zero-order valence-electron chi connectivity index (χ0n) is 12.8. The first kappa shape index (κ1) is 17.3. The molecule has 0 bridgehead atoms. The second-order valence-electron chi connectivity index (χ2n) is 5.44. The molecule has 2 unspecified atom stereocenters. The largest absolute Gasteiger partial charge is 0.312 e. The van der Waals surface area contributed by atoms with E-state index in [1.54, 1.807) is 6.07 Å². The minimum Gasteiger partial charge on any atom is -0.312 e. The topological polar surface area (TPSA) is 58.2 Å². The molecular formula is C14H24N2O2S3. The average molecular weight is 349 g/mol. The lowest BCUT2D eigenvalue weighted by Gasteiger charge is -2.12. The number of nitrogens with one attached hydrogen (secondary N) is 2. The molecule has 7 heteroatoms. The van der Waals surface area contributed by atoms with E-state index in [9.17, 15) is 8.42 Å². The van der Waals surface area contributed by atoms with Crippen molar-refractivity contribution >= 4 is 33.1 Å². The summed E-state index contributed by atoms with van der Waals surface area (Å²) in [6.07, 6.45) is 5.08. The summed E-state index contributed by atoms with van der Waals surface area (Å²) < 4.78 is 28.3. The Morgan fingerprint density at radius 3 is 2.81 bits per heavy atom. The molecule has 2 N–H and O–H groups in total. The van der Waals surface area contributed by atoms with E-state index in [1.165, 1.54) is 11.3 Å². The second kappa shape index (κ2) is 7.46. The number of thioether (sulfide) groups is 1. The third kappa shape index (κ3) is 4.45. The van der Waals surface area contributed by atoms with Crippen LogP contribution in [-0.4, -0.2) is 32.5 Å². The third-order valence-corrected chi connectivity index (χ3v) is 8.16. The molecule has 1 fully saturated rings. The van der Waals surface area contributed by atoms with E-state index >= 15 is 0 Å². The van der Waals surface area contributed by atoms with E-state index in [2.05, 4.69) is 16.3 Å². The van der Waals surface area contributed by atoms with E-state index < -0.39 is 10.0 Å². The predicted molar refractivity (Wildman–Crippen MR) is 91.7 cm³/mol.